The van der Waals surface area contributed by atoms with E-state index < -0.39 is 16.2 Å². The second-order valence-electron chi connectivity index (χ2n) is 8.33. The molecule has 0 saturated heterocycles. The molecule has 1 fully saturated rings. The predicted molar refractivity (Wildman–Crippen MR) is 120 cm³/mol. The predicted octanol–water partition coefficient (Wildman–Crippen LogP) is 3.30. The molecule has 1 aromatic carbocycles. The summed E-state index contributed by atoms with van der Waals surface area (Å²) in [6.45, 7) is 3.15. The Labute approximate surface area is 191 Å². The summed E-state index contributed by atoms with van der Waals surface area (Å²) in [4.78, 5) is 8.34. The van der Waals surface area contributed by atoms with E-state index in [1.54, 1.807) is 24.3 Å². The topological polar surface area (TPSA) is 144 Å². The SMILES string of the molecule is Cc1ccc(S(=O)(=O)NC2CCC(O)CC2)cc1-c1cnc(N)c(-c2nc(C(C)F)no2)c1. The van der Waals surface area contributed by atoms with Crippen molar-refractivity contribution in [1.29, 1.82) is 0 Å². The Balaban J connectivity index is 1.66. The highest BCUT2D eigenvalue weighted by Crippen LogP contribution is 2.32. The molecule has 176 valence electrons. The van der Waals surface area contributed by atoms with E-state index in [4.69, 9.17) is 10.3 Å². The lowest BCUT2D eigenvalue weighted by Gasteiger charge is -2.26. The van der Waals surface area contributed by atoms with Crippen LogP contribution < -0.4 is 10.5 Å². The van der Waals surface area contributed by atoms with E-state index >= 15 is 0 Å². The smallest absolute Gasteiger partial charge is 0.261 e. The Morgan fingerprint density at radius 1 is 1.21 bits per heavy atom. The van der Waals surface area contributed by atoms with Crippen LogP contribution in [0.2, 0.25) is 0 Å². The number of nitrogens with one attached hydrogen (secondary N) is 1. The highest BCUT2D eigenvalue weighted by Gasteiger charge is 2.25. The number of anilines is 1. The first kappa shape index (κ1) is 23.3. The molecule has 1 unspecified atom stereocenters. The first-order chi connectivity index (χ1) is 15.6. The van der Waals surface area contributed by atoms with E-state index in [-0.39, 0.29) is 34.6 Å². The van der Waals surface area contributed by atoms with Gasteiger partial charge in [-0.3, -0.25) is 0 Å². The van der Waals surface area contributed by atoms with Crippen LogP contribution in [0.4, 0.5) is 10.2 Å². The molecule has 4 N–H and O–H groups in total. The number of sulfonamides is 1. The highest BCUT2D eigenvalue weighted by atomic mass is 32.2. The standard InChI is InChI=1S/C22H26FN5O4S/c1-12-3-8-17(33(30,31)28-15-4-6-16(29)7-5-15)10-18(12)14-9-19(20(24)25-11-14)22-26-21(13(2)23)27-32-22/h3,8-11,13,15-16,28-29H,4-7H2,1-2H3,(H2,24,25). The number of hydrogen-bond donors (Lipinski definition) is 3. The number of nitrogens with zero attached hydrogens (tertiary/aromatic N) is 3. The van der Waals surface area contributed by atoms with Gasteiger partial charge in [0.1, 0.15) is 5.82 Å². The molecule has 0 aliphatic heterocycles. The van der Waals surface area contributed by atoms with Gasteiger partial charge in [0, 0.05) is 17.8 Å². The van der Waals surface area contributed by atoms with E-state index in [9.17, 15) is 17.9 Å². The number of aliphatic hydroxyl groups excluding tert-OH is 1. The van der Waals surface area contributed by atoms with Crippen molar-refractivity contribution in [3.8, 4) is 22.6 Å². The zero-order valence-corrected chi connectivity index (χ0v) is 19.1. The minimum Gasteiger partial charge on any atom is -0.393 e. The molecule has 1 aliphatic carbocycles. The average molecular weight is 476 g/mol. The molecular formula is C22H26FN5O4S. The first-order valence-corrected chi connectivity index (χ1v) is 12.2. The monoisotopic (exact) mass is 475 g/mol. The van der Waals surface area contributed by atoms with Gasteiger partial charge in [-0.25, -0.2) is 22.5 Å². The summed E-state index contributed by atoms with van der Waals surface area (Å²) in [6, 6.07) is 6.31. The molecule has 0 amide bonds. The van der Waals surface area contributed by atoms with Gasteiger partial charge >= 0.3 is 0 Å². The molecule has 2 heterocycles. The van der Waals surface area contributed by atoms with E-state index in [2.05, 4.69) is 19.8 Å². The number of aromatic nitrogens is 3. The molecule has 9 nitrogen and oxygen atoms in total. The number of rotatable bonds is 6. The summed E-state index contributed by atoms with van der Waals surface area (Å²) in [5.74, 6) is 0.0624. The van der Waals surface area contributed by atoms with Crippen LogP contribution in [0.1, 0.15) is 50.2 Å². The van der Waals surface area contributed by atoms with Crippen molar-refractivity contribution in [2.75, 3.05) is 5.73 Å². The van der Waals surface area contributed by atoms with Gasteiger partial charge in [-0.05, 0) is 68.9 Å². The number of aliphatic hydroxyl groups is 1. The summed E-state index contributed by atoms with van der Waals surface area (Å²) < 4.78 is 47.4. The molecular weight excluding hydrogens is 449 g/mol. The molecule has 4 rings (SSSR count). The molecule has 2 aromatic heterocycles. The van der Waals surface area contributed by atoms with Crippen molar-refractivity contribution in [2.24, 2.45) is 0 Å². The number of halogens is 1. The second kappa shape index (κ2) is 9.16. The first-order valence-electron chi connectivity index (χ1n) is 10.7. The van der Waals surface area contributed by atoms with Crippen molar-refractivity contribution in [2.45, 2.75) is 62.7 Å². The van der Waals surface area contributed by atoms with Crippen LogP contribution in [-0.2, 0) is 10.0 Å². The summed E-state index contributed by atoms with van der Waals surface area (Å²) in [7, 11) is -3.76. The van der Waals surface area contributed by atoms with Crippen LogP contribution in [0, 0.1) is 6.92 Å². The molecule has 0 bridgehead atoms. The van der Waals surface area contributed by atoms with Crippen LogP contribution in [0.25, 0.3) is 22.6 Å². The van der Waals surface area contributed by atoms with Crippen molar-refractivity contribution < 1.29 is 22.4 Å². The summed E-state index contributed by atoms with van der Waals surface area (Å²) in [5.41, 5.74) is 8.38. The normalized spacial score (nSPS) is 20.0. The van der Waals surface area contributed by atoms with Crippen LogP contribution in [0.5, 0.6) is 0 Å². The fourth-order valence-electron chi connectivity index (χ4n) is 3.86. The largest absolute Gasteiger partial charge is 0.393 e. The summed E-state index contributed by atoms with van der Waals surface area (Å²) >= 11 is 0. The number of alkyl halides is 1. The molecule has 1 aliphatic rings. The quantitative estimate of drug-likeness (QED) is 0.492. The third-order valence-corrected chi connectivity index (χ3v) is 7.31. The van der Waals surface area contributed by atoms with E-state index in [0.29, 0.717) is 42.4 Å². The third kappa shape index (κ3) is 5.05. The number of nitrogens with two attached hydrogens (primary N) is 1. The molecule has 1 saturated carbocycles. The van der Waals surface area contributed by atoms with Gasteiger partial charge in [0.05, 0.1) is 16.6 Å². The lowest BCUT2D eigenvalue weighted by Crippen LogP contribution is -2.38. The Bertz CT molecular complexity index is 1250. The van der Waals surface area contributed by atoms with E-state index in [1.165, 1.54) is 13.1 Å². The van der Waals surface area contributed by atoms with Gasteiger partial charge in [0.15, 0.2) is 6.17 Å². The van der Waals surface area contributed by atoms with Gasteiger partial charge < -0.3 is 15.4 Å². The van der Waals surface area contributed by atoms with Crippen LogP contribution >= 0.6 is 0 Å². The van der Waals surface area contributed by atoms with Crippen molar-refractivity contribution in [3.05, 3.63) is 41.9 Å². The molecule has 33 heavy (non-hydrogen) atoms. The van der Waals surface area contributed by atoms with Gasteiger partial charge in [0.2, 0.25) is 15.8 Å². The fourth-order valence-corrected chi connectivity index (χ4v) is 5.19. The lowest BCUT2D eigenvalue weighted by molar-refractivity contribution is 0.120. The van der Waals surface area contributed by atoms with Crippen LogP contribution in [-0.4, -0.2) is 40.8 Å². The molecule has 11 heteroatoms. The summed E-state index contributed by atoms with van der Waals surface area (Å²) in [6.07, 6.45) is 2.09. The maximum Gasteiger partial charge on any atom is 0.261 e. The Morgan fingerprint density at radius 3 is 2.61 bits per heavy atom. The Kier molecular flexibility index (Phi) is 6.46. The fraction of sp³-hybridized carbons (Fsp3) is 0.409. The number of hydrogen-bond acceptors (Lipinski definition) is 8. The second-order valence-corrected chi connectivity index (χ2v) is 10.0. The number of nitrogen functional groups attached to an aromatic ring is 1. The average Bonchev–Trinajstić information content (AvgIpc) is 3.26. The maximum atomic E-state index is 13.5. The zero-order valence-electron chi connectivity index (χ0n) is 18.3. The molecule has 0 spiro atoms. The molecule has 1 atom stereocenters. The highest BCUT2D eigenvalue weighted by molar-refractivity contribution is 7.89. The lowest BCUT2D eigenvalue weighted by atomic mass is 9.94. The minimum atomic E-state index is -3.76. The van der Waals surface area contributed by atoms with E-state index in [1.807, 2.05) is 6.92 Å². The Morgan fingerprint density at radius 2 is 1.94 bits per heavy atom. The minimum absolute atomic E-state index is 0.0314. The van der Waals surface area contributed by atoms with Crippen LogP contribution in [0.3, 0.4) is 0 Å². The van der Waals surface area contributed by atoms with Gasteiger partial charge in [-0.2, -0.15) is 4.98 Å². The van der Waals surface area contributed by atoms with Crippen LogP contribution in [0.15, 0.2) is 39.9 Å². The third-order valence-electron chi connectivity index (χ3n) is 5.80. The molecule has 0 radical (unpaired) electrons. The summed E-state index contributed by atoms with van der Waals surface area (Å²) in [5, 5.41) is 13.3. The Hall–Kier alpha value is -2.89. The van der Waals surface area contributed by atoms with Gasteiger partial charge in [-0.15, -0.1) is 0 Å². The van der Waals surface area contributed by atoms with Gasteiger partial charge in [0.25, 0.3) is 5.89 Å². The maximum absolute atomic E-state index is 13.5. The number of pyridine rings is 1. The van der Waals surface area contributed by atoms with Gasteiger partial charge in [-0.1, -0.05) is 11.2 Å². The molecule has 3 aromatic rings. The zero-order chi connectivity index (χ0) is 23.8. The number of benzene rings is 1. The van der Waals surface area contributed by atoms with Crippen molar-refractivity contribution >= 4 is 15.8 Å². The van der Waals surface area contributed by atoms with Crippen molar-refractivity contribution in [3.63, 3.8) is 0 Å². The number of aryl methyl sites for hydroxylation is 1. The van der Waals surface area contributed by atoms with Crippen molar-refractivity contribution in [1.82, 2.24) is 19.8 Å². The van der Waals surface area contributed by atoms with E-state index in [0.717, 1.165) is 5.56 Å².